The molecule has 3 nitrogen and oxygen atoms in total. The van der Waals surface area contributed by atoms with Crippen LogP contribution >= 0.6 is 11.6 Å². The lowest BCUT2D eigenvalue weighted by molar-refractivity contribution is -0.274. The van der Waals surface area contributed by atoms with Crippen LogP contribution in [0.15, 0.2) is 18.2 Å². The maximum Gasteiger partial charge on any atom is 0.573 e. The molecule has 1 rings (SSSR count). The van der Waals surface area contributed by atoms with Gasteiger partial charge in [-0.05, 0) is 12.1 Å². The molecule has 15 heavy (non-hydrogen) atoms. The van der Waals surface area contributed by atoms with E-state index in [4.69, 9.17) is 16.6 Å². The third kappa shape index (κ3) is 4.31. The van der Waals surface area contributed by atoms with Gasteiger partial charge in [0.2, 0.25) is 0 Å². The van der Waals surface area contributed by atoms with Crippen molar-refractivity contribution in [3.8, 4) is 11.5 Å². The van der Waals surface area contributed by atoms with E-state index in [1.807, 2.05) is 0 Å². The van der Waals surface area contributed by atoms with Crippen LogP contribution in [0.2, 0.25) is 5.02 Å². The number of rotatable bonds is 3. The largest absolute Gasteiger partial charge is 0.573 e. The molecule has 0 saturated carbocycles. The lowest BCUT2D eigenvalue weighted by atomic mass is 10.3. The Bertz CT molecular complexity index is 345. The summed E-state index contributed by atoms with van der Waals surface area (Å²) in [7, 11) is 0.322. The minimum atomic E-state index is -4.80. The zero-order valence-corrected chi connectivity index (χ0v) is 7.84. The van der Waals surface area contributed by atoms with Crippen molar-refractivity contribution in [1.82, 2.24) is 0 Å². The van der Waals surface area contributed by atoms with Crippen LogP contribution in [-0.2, 0) is 0 Å². The van der Waals surface area contributed by atoms with Crippen molar-refractivity contribution in [2.24, 2.45) is 0 Å². The summed E-state index contributed by atoms with van der Waals surface area (Å²) in [5.74, 6) is -0.587. The predicted octanol–water partition coefficient (Wildman–Crippen LogP) is 2.14. The molecule has 0 saturated heterocycles. The maximum atomic E-state index is 11.8. The second-order valence-electron chi connectivity index (χ2n) is 2.39. The number of alkyl halides is 3. The molecule has 0 heterocycles. The fourth-order valence-corrected chi connectivity index (χ4v) is 1.07. The van der Waals surface area contributed by atoms with E-state index in [0.717, 1.165) is 12.1 Å². The van der Waals surface area contributed by atoms with Crippen LogP contribution in [0.1, 0.15) is 0 Å². The zero-order chi connectivity index (χ0) is 11.5. The predicted molar refractivity (Wildman–Crippen MR) is 46.7 cm³/mol. The summed E-state index contributed by atoms with van der Waals surface area (Å²) in [4.78, 5) is 0. The van der Waals surface area contributed by atoms with E-state index >= 15 is 0 Å². The Labute approximate surface area is 88.7 Å². The lowest BCUT2D eigenvalue weighted by Crippen LogP contribution is -2.17. The van der Waals surface area contributed by atoms with Crippen molar-refractivity contribution < 1.29 is 27.6 Å². The van der Waals surface area contributed by atoms with Crippen molar-refractivity contribution >= 4 is 19.3 Å². The molecule has 0 spiro atoms. The van der Waals surface area contributed by atoms with Gasteiger partial charge < -0.3 is 14.4 Å². The van der Waals surface area contributed by atoms with Crippen LogP contribution in [0.4, 0.5) is 13.2 Å². The number of halogens is 4. The van der Waals surface area contributed by atoms with E-state index in [2.05, 4.69) is 9.39 Å². The van der Waals surface area contributed by atoms with Crippen LogP contribution in [0.5, 0.6) is 11.5 Å². The van der Waals surface area contributed by atoms with E-state index < -0.39 is 12.1 Å². The Morgan fingerprint density at radius 1 is 1.20 bits per heavy atom. The summed E-state index contributed by atoms with van der Waals surface area (Å²) in [6.07, 6.45) is -4.80. The van der Waals surface area contributed by atoms with E-state index in [1.165, 1.54) is 6.07 Å². The zero-order valence-electron chi connectivity index (χ0n) is 7.08. The lowest BCUT2D eigenvalue weighted by Gasteiger charge is -2.10. The van der Waals surface area contributed by atoms with E-state index in [0.29, 0.717) is 7.69 Å². The van der Waals surface area contributed by atoms with E-state index in [9.17, 15) is 13.2 Å². The Balaban J connectivity index is 2.88. The highest BCUT2D eigenvalue weighted by atomic mass is 35.5. The standard InChI is InChI=1S/C7H4BClF3O3/c9-4-1-5(14-7(10,11)12)3-6(2-4)15-8-13/h1-3,13H. The Hall–Kier alpha value is -1.08. The molecule has 8 heteroatoms. The molecule has 0 aliphatic rings. The van der Waals surface area contributed by atoms with Gasteiger partial charge in [-0.25, -0.2) is 0 Å². The maximum absolute atomic E-state index is 11.8. The van der Waals surface area contributed by atoms with Gasteiger partial charge in [-0.3, -0.25) is 0 Å². The SMILES string of the molecule is O[B]Oc1cc(Cl)cc(OC(F)(F)F)c1. The van der Waals surface area contributed by atoms with Gasteiger partial charge in [0.15, 0.2) is 0 Å². The summed E-state index contributed by atoms with van der Waals surface area (Å²) in [6, 6.07) is 3.13. The molecule has 1 radical (unpaired) electrons. The molecule has 81 valence electrons. The van der Waals surface area contributed by atoms with Gasteiger partial charge in [0.05, 0.1) is 0 Å². The highest BCUT2D eigenvalue weighted by Crippen LogP contribution is 2.29. The molecule has 0 atom stereocenters. The van der Waals surface area contributed by atoms with Gasteiger partial charge in [0, 0.05) is 11.1 Å². The van der Waals surface area contributed by atoms with Crippen LogP contribution in [0.3, 0.4) is 0 Å². The number of hydrogen-bond donors (Lipinski definition) is 1. The minimum Gasteiger partial charge on any atom is -0.537 e. The molecular weight excluding hydrogens is 235 g/mol. The molecule has 0 aromatic heterocycles. The quantitative estimate of drug-likeness (QED) is 0.821. The molecule has 0 aliphatic carbocycles. The Morgan fingerprint density at radius 3 is 2.33 bits per heavy atom. The monoisotopic (exact) mass is 239 g/mol. The van der Waals surface area contributed by atoms with Crippen LogP contribution in [0, 0.1) is 0 Å². The molecule has 1 N–H and O–H groups in total. The summed E-state index contributed by atoms with van der Waals surface area (Å²) in [6.45, 7) is 0. The Morgan fingerprint density at radius 2 is 1.80 bits per heavy atom. The van der Waals surface area contributed by atoms with Crippen molar-refractivity contribution in [3.63, 3.8) is 0 Å². The molecule has 0 aliphatic heterocycles. The summed E-state index contributed by atoms with van der Waals surface area (Å²) < 4.78 is 43.5. The molecule has 0 amide bonds. The van der Waals surface area contributed by atoms with Gasteiger partial charge in [-0.1, -0.05) is 11.6 Å². The van der Waals surface area contributed by atoms with Crippen LogP contribution in [0.25, 0.3) is 0 Å². The summed E-state index contributed by atoms with van der Waals surface area (Å²) in [5, 5.41) is 8.27. The van der Waals surface area contributed by atoms with Crippen LogP contribution < -0.4 is 9.39 Å². The first-order valence-electron chi connectivity index (χ1n) is 3.59. The van der Waals surface area contributed by atoms with E-state index in [-0.39, 0.29) is 10.8 Å². The van der Waals surface area contributed by atoms with E-state index in [1.54, 1.807) is 0 Å². The fraction of sp³-hybridized carbons (Fsp3) is 0.143. The molecular formula is C7H4BClF3O3. The van der Waals surface area contributed by atoms with Crippen LogP contribution in [-0.4, -0.2) is 19.1 Å². The first-order valence-corrected chi connectivity index (χ1v) is 3.97. The first-order chi connectivity index (χ1) is 6.90. The molecule has 0 unspecified atom stereocenters. The number of ether oxygens (including phenoxy) is 1. The van der Waals surface area contributed by atoms with Crippen molar-refractivity contribution in [2.45, 2.75) is 6.36 Å². The fourth-order valence-electron chi connectivity index (χ4n) is 0.858. The molecule has 1 aromatic rings. The molecule has 0 bridgehead atoms. The smallest absolute Gasteiger partial charge is 0.537 e. The second-order valence-corrected chi connectivity index (χ2v) is 2.83. The van der Waals surface area contributed by atoms with Gasteiger partial charge >= 0.3 is 14.0 Å². The van der Waals surface area contributed by atoms with Crippen molar-refractivity contribution in [2.75, 3.05) is 0 Å². The highest BCUT2D eigenvalue weighted by molar-refractivity contribution is 6.31. The summed E-state index contributed by atoms with van der Waals surface area (Å²) >= 11 is 5.49. The highest BCUT2D eigenvalue weighted by Gasteiger charge is 2.31. The molecule has 1 aromatic carbocycles. The van der Waals surface area contributed by atoms with Crippen molar-refractivity contribution in [1.29, 1.82) is 0 Å². The van der Waals surface area contributed by atoms with Gasteiger partial charge in [-0.2, -0.15) is 0 Å². The normalized spacial score (nSPS) is 11.0. The summed E-state index contributed by atoms with van der Waals surface area (Å²) in [5.41, 5.74) is 0. The first kappa shape index (κ1) is 12.0. The topological polar surface area (TPSA) is 38.7 Å². The van der Waals surface area contributed by atoms with Gasteiger partial charge in [-0.15, -0.1) is 13.2 Å². The molecule has 0 fully saturated rings. The average Bonchev–Trinajstić information content (AvgIpc) is 1.99. The third-order valence-electron chi connectivity index (χ3n) is 1.27. The third-order valence-corrected chi connectivity index (χ3v) is 1.49. The van der Waals surface area contributed by atoms with Gasteiger partial charge in [0.1, 0.15) is 11.5 Å². The number of hydrogen-bond acceptors (Lipinski definition) is 3. The van der Waals surface area contributed by atoms with Gasteiger partial charge in [0.25, 0.3) is 0 Å². The minimum absolute atomic E-state index is 0.00593. The number of benzene rings is 1. The van der Waals surface area contributed by atoms with Crippen molar-refractivity contribution in [3.05, 3.63) is 23.2 Å². The average molecular weight is 239 g/mol. The second kappa shape index (κ2) is 4.63. The Kier molecular flexibility index (Phi) is 3.70.